The Labute approximate surface area is 303 Å². The van der Waals surface area contributed by atoms with Crippen LogP contribution in [0.4, 0.5) is 27.7 Å². The first-order valence-electron chi connectivity index (χ1n) is 16.2. The van der Waals surface area contributed by atoms with E-state index in [1.54, 1.807) is 42.6 Å². The molecule has 1 aliphatic rings. The van der Waals surface area contributed by atoms with Gasteiger partial charge < -0.3 is 9.64 Å². The molecular weight excluding hydrogens is 675 g/mol. The van der Waals surface area contributed by atoms with Crippen LogP contribution in [0.2, 0.25) is 0 Å². The first kappa shape index (κ1) is 33.6. The van der Waals surface area contributed by atoms with E-state index >= 15 is 0 Å². The number of hydrogen-bond acceptors (Lipinski definition) is 11. The molecule has 254 valence electrons. The minimum Gasteiger partial charge on any atom is -0.444 e. The van der Waals surface area contributed by atoms with Crippen molar-refractivity contribution in [2.75, 3.05) is 4.90 Å². The number of anilines is 3. The molecule has 0 radical (unpaired) electrons. The zero-order chi connectivity index (χ0) is 36.4. The van der Waals surface area contributed by atoms with E-state index in [0.29, 0.717) is 22.2 Å². The second-order valence-corrected chi connectivity index (χ2v) is 12.6. The smallest absolute Gasteiger partial charge is 0.424 e. The number of ether oxygens (including phenoxy) is 1. The van der Waals surface area contributed by atoms with Gasteiger partial charge in [0.15, 0.2) is 5.82 Å². The number of imide groups is 3. The summed E-state index contributed by atoms with van der Waals surface area (Å²) in [5.41, 5.74) is 7.60. The van der Waals surface area contributed by atoms with E-state index in [1.165, 1.54) is 18.1 Å². The number of rotatable bonds is 7. The second-order valence-electron chi connectivity index (χ2n) is 12.1. The second kappa shape index (κ2) is 14.2. The number of fused-ring (bicyclic) bond motifs is 1. The van der Waals surface area contributed by atoms with E-state index in [1.807, 2.05) is 24.3 Å². The molecule has 3 heterocycles. The summed E-state index contributed by atoms with van der Waals surface area (Å²) < 4.78 is 14.2. The van der Waals surface area contributed by atoms with Gasteiger partial charge in [0.25, 0.3) is 11.8 Å². The van der Waals surface area contributed by atoms with Gasteiger partial charge in [-0.15, -0.1) is 0 Å². The molecule has 0 bridgehead atoms. The molecule has 0 aliphatic carbocycles. The third-order valence-electron chi connectivity index (χ3n) is 8.56. The Bertz CT molecular complexity index is 2400. The number of aromatic nitrogens is 3. The Morgan fingerprint density at radius 1 is 0.808 bits per heavy atom. The molecule has 12 heteroatoms. The maximum atomic E-state index is 13.6. The average molecular weight is 704 g/mol. The lowest BCUT2D eigenvalue weighted by molar-refractivity contribution is -0.136. The molecule has 4 aromatic carbocycles. The van der Waals surface area contributed by atoms with Crippen LogP contribution in [0.25, 0.3) is 22.2 Å². The van der Waals surface area contributed by atoms with Gasteiger partial charge in [-0.25, -0.2) is 14.8 Å². The highest BCUT2D eigenvalue weighted by molar-refractivity contribution is 7.00. The van der Waals surface area contributed by atoms with Crippen molar-refractivity contribution in [3.8, 4) is 17.2 Å². The number of benzene rings is 4. The minimum absolute atomic E-state index is 0.00845. The summed E-state index contributed by atoms with van der Waals surface area (Å²) in [6, 6.07) is 35.3. The Kier molecular flexibility index (Phi) is 9.18. The number of aliphatic imine (C=N–C) groups is 1. The quantitative estimate of drug-likeness (QED) is 0.150. The molecule has 52 heavy (non-hydrogen) atoms. The molecule has 0 atom stereocenters. The van der Waals surface area contributed by atoms with Gasteiger partial charge in [0.2, 0.25) is 0 Å². The van der Waals surface area contributed by atoms with E-state index in [9.17, 15) is 19.6 Å². The van der Waals surface area contributed by atoms with Crippen molar-refractivity contribution < 1.29 is 19.1 Å². The summed E-state index contributed by atoms with van der Waals surface area (Å²) >= 11 is 0.954. The SMILES string of the molecule is CC1=C(C#N)C(=O)N(C(=O)OCc2ccccc2)C(=O)/C1=N\c1ncc(-c2ccc(N(c3ccc(C)cc3)c3ccc(C)cc3)cc2)c2nsnc12. The fourth-order valence-electron chi connectivity index (χ4n) is 5.75. The molecule has 3 amide bonds. The number of amides is 3. The summed E-state index contributed by atoms with van der Waals surface area (Å²) in [4.78, 5) is 51.2. The Morgan fingerprint density at radius 2 is 1.38 bits per heavy atom. The third-order valence-corrected chi connectivity index (χ3v) is 9.09. The molecule has 2 aromatic heterocycles. The number of aryl methyl sites for hydroxylation is 2. The molecular formula is C40H29N7O4S. The number of hydrogen-bond donors (Lipinski definition) is 0. The fourth-order valence-corrected chi connectivity index (χ4v) is 6.30. The maximum Gasteiger partial charge on any atom is 0.424 e. The normalized spacial score (nSPS) is 13.8. The van der Waals surface area contributed by atoms with Crippen LogP contribution in [0, 0.1) is 25.2 Å². The van der Waals surface area contributed by atoms with Gasteiger partial charge in [-0.3, -0.25) is 9.59 Å². The molecule has 0 N–H and O–H groups in total. The molecule has 0 spiro atoms. The molecule has 11 nitrogen and oxygen atoms in total. The zero-order valence-electron chi connectivity index (χ0n) is 28.3. The molecule has 0 saturated heterocycles. The van der Waals surface area contributed by atoms with E-state index in [0.717, 1.165) is 34.4 Å². The van der Waals surface area contributed by atoms with E-state index in [2.05, 4.69) is 86.0 Å². The summed E-state index contributed by atoms with van der Waals surface area (Å²) in [7, 11) is 0. The van der Waals surface area contributed by atoms with Crippen molar-refractivity contribution in [2.24, 2.45) is 4.99 Å². The van der Waals surface area contributed by atoms with Crippen LogP contribution in [0.15, 0.2) is 125 Å². The number of nitrogens with zero attached hydrogens (tertiary/aromatic N) is 7. The lowest BCUT2D eigenvalue weighted by atomic mass is 9.99. The topological polar surface area (TPSA) is 142 Å². The van der Waals surface area contributed by atoms with Crippen molar-refractivity contribution in [3.05, 3.63) is 137 Å². The molecule has 6 aromatic rings. The van der Waals surface area contributed by atoms with Gasteiger partial charge in [-0.1, -0.05) is 77.9 Å². The standard InChI is InChI=1S/C40H29N7O4S/c1-24-9-15-29(16-10-24)46(30-17-11-25(2)12-18-30)31-19-13-28(14-20-31)33-22-42-37(36-35(33)44-52-45-36)43-34-26(3)32(21-41)38(48)47(39(34)49)40(50)51-23-27-7-5-4-6-8-27/h4-20,22H,23H2,1-3H3/b43-34-. The van der Waals surface area contributed by atoms with Crippen LogP contribution >= 0.6 is 11.7 Å². The van der Waals surface area contributed by atoms with Crippen molar-refractivity contribution in [1.82, 2.24) is 18.6 Å². The van der Waals surface area contributed by atoms with E-state index in [4.69, 9.17) is 4.74 Å². The zero-order valence-corrected chi connectivity index (χ0v) is 29.1. The monoisotopic (exact) mass is 703 g/mol. The van der Waals surface area contributed by atoms with Crippen LogP contribution in [-0.4, -0.2) is 42.3 Å². The van der Waals surface area contributed by atoms with Crippen LogP contribution < -0.4 is 4.90 Å². The van der Waals surface area contributed by atoms with Crippen molar-refractivity contribution in [2.45, 2.75) is 27.4 Å². The molecule has 0 saturated carbocycles. The maximum absolute atomic E-state index is 13.6. The lowest BCUT2D eigenvalue weighted by Crippen LogP contribution is -2.50. The number of carbonyl (C=O) groups is 3. The van der Waals surface area contributed by atoms with E-state index < -0.39 is 23.5 Å². The van der Waals surface area contributed by atoms with Gasteiger partial charge in [-0.2, -0.15) is 18.9 Å². The van der Waals surface area contributed by atoms with Gasteiger partial charge in [-0.05, 0) is 68.3 Å². The van der Waals surface area contributed by atoms with E-state index in [-0.39, 0.29) is 28.6 Å². The first-order chi connectivity index (χ1) is 25.2. The molecule has 1 aliphatic heterocycles. The predicted molar refractivity (Wildman–Crippen MR) is 199 cm³/mol. The van der Waals surface area contributed by atoms with Crippen molar-refractivity contribution >= 4 is 69.3 Å². The highest BCUT2D eigenvalue weighted by atomic mass is 32.1. The molecule has 0 fully saturated rings. The number of pyridine rings is 1. The summed E-state index contributed by atoms with van der Waals surface area (Å²) in [5, 5.41) is 9.80. The largest absolute Gasteiger partial charge is 0.444 e. The molecule has 7 rings (SSSR count). The highest BCUT2D eigenvalue weighted by Crippen LogP contribution is 2.38. The first-order valence-corrected chi connectivity index (χ1v) is 16.9. The van der Waals surface area contributed by atoms with Crippen molar-refractivity contribution in [1.29, 1.82) is 5.26 Å². The Balaban J connectivity index is 1.21. The van der Waals surface area contributed by atoms with Crippen LogP contribution in [0.1, 0.15) is 23.6 Å². The Morgan fingerprint density at radius 3 is 1.98 bits per heavy atom. The summed E-state index contributed by atoms with van der Waals surface area (Å²) in [6.45, 7) is 5.35. The van der Waals surface area contributed by atoms with Gasteiger partial charge in [0.1, 0.15) is 35.0 Å². The van der Waals surface area contributed by atoms with Gasteiger partial charge in [0, 0.05) is 34.4 Å². The summed E-state index contributed by atoms with van der Waals surface area (Å²) in [6.07, 6.45) is 0.368. The van der Waals surface area contributed by atoms with Crippen LogP contribution in [-0.2, 0) is 20.9 Å². The number of carbonyl (C=O) groups excluding carboxylic acids is 3. The lowest BCUT2D eigenvalue weighted by Gasteiger charge is -2.26. The average Bonchev–Trinajstić information content (AvgIpc) is 3.66. The van der Waals surface area contributed by atoms with Crippen LogP contribution in [0.3, 0.4) is 0 Å². The summed E-state index contributed by atoms with van der Waals surface area (Å²) in [5.74, 6) is -2.08. The number of nitriles is 1. The minimum atomic E-state index is -1.22. The highest BCUT2D eigenvalue weighted by Gasteiger charge is 2.42. The third kappa shape index (κ3) is 6.44. The van der Waals surface area contributed by atoms with Crippen molar-refractivity contribution in [3.63, 3.8) is 0 Å². The predicted octanol–water partition coefficient (Wildman–Crippen LogP) is 8.46. The van der Waals surface area contributed by atoms with Crippen LogP contribution in [0.5, 0.6) is 0 Å². The molecule has 0 unspecified atom stereocenters. The van der Waals surface area contributed by atoms with Gasteiger partial charge in [0.05, 0.1) is 11.7 Å². The fraction of sp³-hybridized carbons (Fsp3) is 0.100. The Hall–Kier alpha value is -6.84. The van der Waals surface area contributed by atoms with Gasteiger partial charge >= 0.3 is 6.09 Å².